The van der Waals surface area contributed by atoms with Gasteiger partial charge >= 0.3 is 0 Å². The molecule has 1 aliphatic rings. The number of fused-ring (bicyclic) bond motifs is 5. The lowest BCUT2D eigenvalue weighted by Crippen LogP contribution is -2.55. The third-order valence-electron chi connectivity index (χ3n) is 7.03. The average molecular weight is 471 g/mol. The normalized spacial score (nSPS) is 11.7. The van der Waals surface area contributed by atoms with Gasteiger partial charge in [0.05, 0.1) is 0 Å². The van der Waals surface area contributed by atoms with Crippen molar-refractivity contribution in [2.24, 2.45) is 0 Å². The van der Waals surface area contributed by atoms with Crippen molar-refractivity contribution in [2.75, 3.05) is 0 Å². The van der Waals surface area contributed by atoms with Crippen LogP contribution >= 0.6 is 0 Å². The van der Waals surface area contributed by atoms with Gasteiger partial charge in [-0.15, -0.1) is 0 Å². The van der Waals surface area contributed by atoms with E-state index in [-0.39, 0.29) is 6.71 Å². The lowest BCUT2D eigenvalue weighted by atomic mass is 9.38. The van der Waals surface area contributed by atoms with Crippen LogP contribution in [-0.2, 0) is 0 Å². The first-order valence-corrected chi connectivity index (χ1v) is 12.5. The van der Waals surface area contributed by atoms with Crippen LogP contribution in [0.15, 0.2) is 133 Å². The second kappa shape index (κ2) is 9.00. The van der Waals surface area contributed by atoms with Crippen molar-refractivity contribution in [3.63, 3.8) is 0 Å². The molecule has 2 heterocycles. The Balaban J connectivity index is 1.55. The second-order valence-electron chi connectivity index (χ2n) is 9.23. The Hall–Kier alpha value is -4.83. The molecule has 0 atom stereocenters. The first kappa shape index (κ1) is 21.5. The van der Waals surface area contributed by atoms with Gasteiger partial charge in [0.1, 0.15) is 5.72 Å². The molecule has 0 saturated heterocycles. The summed E-state index contributed by atoms with van der Waals surface area (Å²) in [6.45, 7) is -0.146. The molecular weight excluding hydrogens is 449 g/mol. The third kappa shape index (κ3) is 3.75. The van der Waals surface area contributed by atoms with Gasteiger partial charge in [-0.2, -0.15) is 0 Å². The van der Waals surface area contributed by atoms with Crippen molar-refractivity contribution in [3.8, 4) is 45.0 Å². The van der Waals surface area contributed by atoms with E-state index in [0.29, 0.717) is 11.6 Å². The molecule has 4 heteroatoms. The van der Waals surface area contributed by atoms with Crippen molar-refractivity contribution < 1.29 is 0 Å². The van der Waals surface area contributed by atoms with Gasteiger partial charge in [0.2, 0.25) is 0 Å². The smallest absolute Gasteiger partial charge is 0.223 e. The van der Waals surface area contributed by atoms with E-state index in [1.807, 2.05) is 36.4 Å². The van der Waals surface area contributed by atoms with E-state index in [4.69, 9.17) is 15.0 Å². The monoisotopic (exact) mass is 471 g/mol. The van der Waals surface area contributed by atoms with Crippen LogP contribution in [0.25, 0.3) is 45.0 Å². The quantitative estimate of drug-likeness (QED) is 0.326. The highest BCUT2D eigenvalue weighted by molar-refractivity contribution is 6.96. The molecule has 0 amide bonds. The maximum absolute atomic E-state index is 5.13. The van der Waals surface area contributed by atoms with Gasteiger partial charge in [-0.3, -0.25) is 0 Å². The number of nitrogens with zero attached hydrogens (tertiary/aromatic N) is 3. The van der Waals surface area contributed by atoms with Crippen LogP contribution in [0, 0.1) is 0 Å². The minimum absolute atomic E-state index is 0.146. The van der Waals surface area contributed by atoms with E-state index in [0.717, 1.165) is 16.9 Å². The second-order valence-corrected chi connectivity index (χ2v) is 9.23. The molecule has 0 spiro atoms. The zero-order valence-electron chi connectivity index (χ0n) is 20.1. The molecule has 0 fully saturated rings. The Labute approximate surface area is 216 Å². The molecule has 0 unspecified atom stereocenters. The molecule has 172 valence electrons. The van der Waals surface area contributed by atoms with E-state index in [1.54, 1.807) is 0 Å². The molecule has 0 radical (unpaired) electrons. The maximum Gasteiger partial charge on any atom is 0.291 e. The summed E-state index contributed by atoms with van der Waals surface area (Å²) in [5.41, 5.74) is 9.98. The number of benzene rings is 5. The summed E-state index contributed by atoms with van der Waals surface area (Å²) in [4.78, 5) is 15.2. The van der Waals surface area contributed by atoms with E-state index in [1.165, 1.54) is 33.2 Å². The zero-order chi connectivity index (χ0) is 24.6. The van der Waals surface area contributed by atoms with Gasteiger partial charge < -0.3 is 0 Å². The van der Waals surface area contributed by atoms with Gasteiger partial charge in [-0.05, 0) is 22.3 Å². The van der Waals surface area contributed by atoms with Crippen molar-refractivity contribution in [3.05, 3.63) is 133 Å². The summed E-state index contributed by atoms with van der Waals surface area (Å²) >= 11 is 0. The SMILES string of the molecule is c1ccc(-c2nc(B3c4ccccc4-c4ccccc4-c4ccccc43)nc(-c3ccccc3)n2)cc1. The highest BCUT2D eigenvalue weighted by Gasteiger charge is 2.34. The summed E-state index contributed by atoms with van der Waals surface area (Å²) < 4.78 is 0. The first-order valence-electron chi connectivity index (χ1n) is 12.5. The number of aromatic nitrogens is 3. The highest BCUT2D eigenvalue weighted by Crippen LogP contribution is 2.33. The fraction of sp³-hybridized carbons (Fsp3) is 0. The topological polar surface area (TPSA) is 38.7 Å². The lowest BCUT2D eigenvalue weighted by Gasteiger charge is -2.18. The summed E-state index contributed by atoms with van der Waals surface area (Å²) in [6, 6.07) is 46.3. The molecule has 5 aromatic carbocycles. The highest BCUT2D eigenvalue weighted by atomic mass is 15.0. The molecule has 0 N–H and O–H groups in total. The Morgan fingerprint density at radius 2 is 0.730 bits per heavy atom. The summed E-state index contributed by atoms with van der Waals surface area (Å²) in [7, 11) is 0. The Kier molecular flexibility index (Phi) is 5.22. The molecule has 0 bridgehead atoms. The minimum Gasteiger partial charge on any atom is -0.223 e. The van der Waals surface area contributed by atoms with Crippen LogP contribution in [0.4, 0.5) is 0 Å². The summed E-state index contributed by atoms with van der Waals surface area (Å²) in [6.07, 6.45) is 0. The van der Waals surface area contributed by atoms with Crippen LogP contribution in [0.1, 0.15) is 0 Å². The molecule has 6 aromatic rings. The Morgan fingerprint density at radius 3 is 1.19 bits per heavy atom. The average Bonchev–Trinajstić information content (AvgIpc) is 3.11. The van der Waals surface area contributed by atoms with Crippen LogP contribution in [0.3, 0.4) is 0 Å². The number of hydrogen-bond acceptors (Lipinski definition) is 3. The first-order chi connectivity index (χ1) is 18.4. The number of hydrogen-bond donors (Lipinski definition) is 0. The molecule has 1 aliphatic heterocycles. The standard InChI is InChI=1S/C33H22BN3/c1-3-13-23(14-4-1)31-35-32(24-15-5-2-6-16-24)37-33(36-31)34-29-21-11-9-19-27(29)25-17-7-8-18-26(25)28-20-10-12-22-30(28)34/h1-22H. The van der Waals surface area contributed by atoms with E-state index < -0.39 is 0 Å². The molecule has 0 saturated carbocycles. The summed E-state index contributed by atoms with van der Waals surface area (Å²) in [5.74, 6) is 1.36. The van der Waals surface area contributed by atoms with Crippen LogP contribution in [0.2, 0.25) is 0 Å². The number of rotatable bonds is 3. The van der Waals surface area contributed by atoms with Gasteiger partial charge in [0.15, 0.2) is 11.6 Å². The molecule has 0 aliphatic carbocycles. The van der Waals surface area contributed by atoms with E-state index in [2.05, 4.69) is 97.1 Å². The van der Waals surface area contributed by atoms with Crippen molar-refractivity contribution in [1.82, 2.24) is 15.0 Å². The van der Waals surface area contributed by atoms with Crippen LogP contribution in [-0.4, -0.2) is 21.7 Å². The molecule has 3 nitrogen and oxygen atoms in total. The van der Waals surface area contributed by atoms with Gasteiger partial charge in [-0.1, -0.05) is 144 Å². The molecule has 37 heavy (non-hydrogen) atoms. The fourth-order valence-electron chi connectivity index (χ4n) is 5.34. The van der Waals surface area contributed by atoms with Gasteiger partial charge in [-0.25, -0.2) is 15.0 Å². The molecular formula is C33H22BN3. The van der Waals surface area contributed by atoms with Gasteiger partial charge in [0, 0.05) is 11.1 Å². The lowest BCUT2D eigenvalue weighted by molar-refractivity contribution is 1.10. The van der Waals surface area contributed by atoms with Crippen LogP contribution < -0.4 is 16.6 Å². The molecule has 1 aromatic heterocycles. The Morgan fingerprint density at radius 1 is 0.351 bits per heavy atom. The maximum atomic E-state index is 5.13. The third-order valence-corrected chi connectivity index (χ3v) is 7.03. The fourth-order valence-corrected chi connectivity index (χ4v) is 5.34. The van der Waals surface area contributed by atoms with E-state index >= 15 is 0 Å². The van der Waals surface area contributed by atoms with Crippen LogP contribution in [0.5, 0.6) is 0 Å². The minimum atomic E-state index is -0.146. The summed E-state index contributed by atoms with van der Waals surface area (Å²) in [5, 5.41) is 0. The van der Waals surface area contributed by atoms with Crippen molar-refractivity contribution in [2.45, 2.75) is 0 Å². The van der Waals surface area contributed by atoms with Crippen molar-refractivity contribution >= 4 is 23.4 Å². The zero-order valence-corrected chi connectivity index (χ0v) is 20.1. The predicted octanol–water partition coefficient (Wildman–Crippen LogP) is 5.37. The largest absolute Gasteiger partial charge is 0.291 e. The Bertz CT molecular complexity index is 1610. The predicted molar refractivity (Wildman–Crippen MR) is 153 cm³/mol. The molecule has 7 rings (SSSR count). The van der Waals surface area contributed by atoms with Crippen molar-refractivity contribution in [1.29, 1.82) is 0 Å². The van der Waals surface area contributed by atoms with E-state index in [9.17, 15) is 0 Å². The van der Waals surface area contributed by atoms with Gasteiger partial charge in [0.25, 0.3) is 6.71 Å².